The minimum Gasteiger partial charge on any atom is -0.508 e. The molecule has 0 aliphatic rings. The van der Waals surface area contributed by atoms with Crippen LogP contribution >= 0.6 is 0 Å². The highest BCUT2D eigenvalue weighted by Crippen LogP contribution is 2.34. The van der Waals surface area contributed by atoms with E-state index in [0.717, 1.165) is 58.2 Å². The van der Waals surface area contributed by atoms with E-state index in [2.05, 4.69) is 20.8 Å². The highest BCUT2D eigenvalue weighted by molar-refractivity contribution is 5.52. The van der Waals surface area contributed by atoms with Gasteiger partial charge in [0, 0.05) is 12.8 Å². The third-order valence-electron chi connectivity index (χ3n) is 5.90. The lowest BCUT2D eigenvalue weighted by Crippen LogP contribution is -2.00. The largest absolute Gasteiger partial charge is 0.508 e. The lowest BCUT2D eigenvalue weighted by molar-refractivity contribution is 0.455. The second kappa shape index (κ2) is 9.25. The molecular formula is C27H32O3. The van der Waals surface area contributed by atoms with Crippen LogP contribution in [0.4, 0.5) is 0 Å². The number of hydrogen-bond donors (Lipinski definition) is 3. The van der Waals surface area contributed by atoms with Gasteiger partial charge in [0.15, 0.2) is 0 Å². The Morgan fingerprint density at radius 2 is 1.03 bits per heavy atom. The smallest absolute Gasteiger partial charge is 0.122 e. The molecule has 0 bridgehead atoms. The van der Waals surface area contributed by atoms with E-state index >= 15 is 0 Å². The molecule has 30 heavy (non-hydrogen) atoms. The van der Waals surface area contributed by atoms with Gasteiger partial charge in [0.05, 0.1) is 0 Å². The lowest BCUT2D eigenvalue weighted by atomic mass is 9.92. The van der Waals surface area contributed by atoms with Gasteiger partial charge in [0.1, 0.15) is 17.2 Å². The lowest BCUT2D eigenvalue weighted by Gasteiger charge is -2.16. The molecule has 0 saturated carbocycles. The summed E-state index contributed by atoms with van der Waals surface area (Å²) in [5.74, 6) is 0.787. The van der Waals surface area contributed by atoms with Crippen molar-refractivity contribution in [3.8, 4) is 17.2 Å². The van der Waals surface area contributed by atoms with Crippen LogP contribution in [0, 0.1) is 6.92 Å². The number of aryl methyl sites for hydroxylation is 4. The number of benzene rings is 3. The van der Waals surface area contributed by atoms with Gasteiger partial charge in [-0.2, -0.15) is 0 Å². The number of aromatic hydroxyl groups is 3. The molecule has 0 aliphatic carbocycles. The fraction of sp³-hybridized carbons (Fsp3) is 0.333. The molecule has 0 radical (unpaired) electrons. The minimum absolute atomic E-state index is 0.243. The van der Waals surface area contributed by atoms with Gasteiger partial charge in [0.25, 0.3) is 0 Å². The number of phenols is 3. The molecule has 158 valence electrons. The predicted octanol–water partition coefficient (Wildman–Crippen LogP) is 5.98. The minimum atomic E-state index is 0.243. The zero-order valence-electron chi connectivity index (χ0n) is 18.4. The highest BCUT2D eigenvalue weighted by atomic mass is 16.3. The molecule has 0 atom stereocenters. The summed E-state index contributed by atoms with van der Waals surface area (Å²) < 4.78 is 0. The summed E-state index contributed by atoms with van der Waals surface area (Å²) in [7, 11) is 0. The van der Waals surface area contributed by atoms with Crippen LogP contribution in [0.5, 0.6) is 17.2 Å². The normalized spacial score (nSPS) is 11.1. The van der Waals surface area contributed by atoms with Gasteiger partial charge >= 0.3 is 0 Å². The zero-order chi connectivity index (χ0) is 21.8. The first-order valence-corrected chi connectivity index (χ1v) is 10.8. The van der Waals surface area contributed by atoms with E-state index in [1.54, 1.807) is 6.07 Å². The quantitative estimate of drug-likeness (QED) is 0.454. The average Bonchev–Trinajstić information content (AvgIpc) is 2.75. The van der Waals surface area contributed by atoms with E-state index < -0.39 is 0 Å². The molecule has 0 spiro atoms. The Morgan fingerprint density at radius 1 is 0.567 bits per heavy atom. The maximum absolute atomic E-state index is 11.1. The monoisotopic (exact) mass is 404 g/mol. The SMILES string of the molecule is CCc1ccc(O)c(Cc2cc(CC)cc(Cc3cc(CC)cc(C)c3O)c2O)c1. The van der Waals surface area contributed by atoms with Gasteiger partial charge in [-0.05, 0) is 76.8 Å². The predicted molar refractivity (Wildman–Crippen MR) is 123 cm³/mol. The van der Waals surface area contributed by atoms with Gasteiger partial charge in [-0.25, -0.2) is 0 Å². The van der Waals surface area contributed by atoms with Gasteiger partial charge in [0.2, 0.25) is 0 Å². The van der Waals surface area contributed by atoms with Crippen molar-refractivity contribution in [2.45, 2.75) is 59.8 Å². The molecule has 3 aromatic carbocycles. The molecule has 0 saturated heterocycles. The first kappa shape index (κ1) is 21.8. The summed E-state index contributed by atoms with van der Waals surface area (Å²) >= 11 is 0. The van der Waals surface area contributed by atoms with Crippen molar-refractivity contribution in [1.82, 2.24) is 0 Å². The van der Waals surface area contributed by atoms with Gasteiger partial charge in [-0.15, -0.1) is 0 Å². The molecule has 3 rings (SSSR count). The molecule has 0 unspecified atom stereocenters. The highest BCUT2D eigenvalue weighted by Gasteiger charge is 2.15. The van der Waals surface area contributed by atoms with Crippen molar-refractivity contribution in [1.29, 1.82) is 0 Å². The van der Waals surface area contributed by atoms with Crippen LogP contribution in [0.1, 0.15) is 65.3 Å². The number of hydrogen-bond acceptors (Lipinski definition) is 3. The molecule has 0 aliphatic heterocycles. The topological polar surface area (TPSA) is 60.7 Å². The summed E-state index contributed by atoms with van der Waals surface area (Å²) in [5.41, 5.74) is 7.57. The zero-order valence-corrected chi connectivity index (χ0v) is 18.4. The third-order valence-corrected chi connectivity index (χ3v) is 5.90. The third kappa shape index (κ3) is 4.62. The molecule has 0 amide bonds. The van der Waals surface area contributed by atoms with Crippen LogP contribution in [0.25, 0.3) is 0 Å². The van der Waals surface area contributed by atoms with E-state index in [0.29, 0.717) is 18.6 Å². The Balaban J connectivity index is 2.03. The molecule has 3 heteroatoms. The molecule has 0 heterocycles. The fourth-order valence-electron chi connectivity index (χ4n) is 3.99. The summed E-state index contributed by atoms with van der Waals surface area (Å²) in [4.78, 5) is 0. The van der Waals surface area contributed by atoms with E-state index in [4.69, 9.17) is 0 Å². The Bertz CT molecular complexity index is 1050. The Hall–Kier alpha value is -2.94. The van der Waals surface area contributed by atoms with Crippen molar-refractivity contribution < 1.29 is 15.3 Å². The molecule has 3 aromatic rings. The van der Waals surface area contributed by atoms with E-state index in [1.807, 2.05) is 43.3 Å². The van der Waals surface area contributed by atoms with Crippen molar-refractivity contribution >= 4 is 0 Å². The maximum atomic E-state index is 11.1. The molecule has 3 nitrogen and oxygen atoms in total. The number of rotatable bonds is 7. The van der Waals surface area contributed by atoms with Crippen molar-refractivity contribution in [3.05, 3.63) is 87.0 Å². The van der Waals surface area contributed by atoms with E-state index in [1.165, 1.54) is 5.56 Å². The van der Waals surface area contributed by atoms with E-state index in [-0.39, 0.29) is 11.5 Å². The summed E-state index contributed by atoms with van der Waals surface area (Å²) in [5, 5.41) is 32.0. The Kier molecular flexibility index (Phi) is 6.71. The van der Waals surface area contributed by atoms with Crippen LogP contribution < -0.4 is 0 Å². The Morgan fingerprint density at radius 3 is 1.60 bits per heavy atom. The summed E-state index contributed by atoms with van der Waals surface area (Å²) in [6.07, 6.45) is 3.57. The van der Waals surface area contributed by atoms with Gasteiger partial charge in [-0.3, -0.25) is 0 Å². The van der Waals surface area contributed by atoms with E-state index in [9.17, 15) is 15.3 Å². The first-order chi connectivity index (χ1) is 14.4. The molecule has 0 fully saturated rings. The molecule has 3 N–H and O–H groups in total. The fourth-order valence-corrected chi connectivity index (χ4v) is 3.99. The standard InChI is InChI=1S/C27H32O3/c1-5-18-8-9-25(28)21(11-18)15-23-13-20(7-3)14-24(27(23)30)16-22-12-19(6-2)10-17(4)26(22)29/h8-14,28-30H,5-7,15-16H2,1-4H3. The van der Waals surface area contributed by atoms with Crippen LogP contribution in [0.15, 0.2) is 42.5 Å². The molecule has 0 aromatic heterocycles. The second-order valence-corrected chi connectivity index (χ2v) is 8.06. The van der Waals surface area contributed by atoms with Gasteiger partial charge in [-0.1, -0.05) is 57.2 Å². The van der Waals surface area contributed by atoms with Crippen LogP contribution in [-0.2, 0) is 32.1 Å². The van der Waals surface area contributed by atoms with Crippen molar-refractivity contribution in [3.63, 3.8) is 0 Å². The van der Waals surface area contributed by atoms with Gasteiger partial charge < -0.3 is 15.3 Å². The van der Waals surface area contributed by atoms with Crippen molar-refractivity contribution in [2.75, 3.05) is 0 Å². The Labute approximate surface area is 179 Å². The second-order valence-electron chi connectivity index (χ2n) is 8.06. The summed E-state index contributed by atoms with van der Waals surface area (Å²) in [6.45, 7) is 8.19. The van der Waals surface area contributed by atoms with Crippen LogP contribution in [0.3, 0.4) is 0 Å². The molecular weight excluding hydrogens is 372 g/mol. The maximum Gasteiger partial charge on any atom is 0.122 e. The van der Waals surface area contributed by atoms with Crippen LogP contribution in [-0.4, -0.2) is 15.3 Å². The average molecular weight is 405 g/mol. The first-order valence-electron chi connectivity index (χ1n) is 10.8. The summed E-state index contributed by atoms with van der Waals surface area (Å²) in [6, 6.07) is 13.7. The van der Waals surface area contributed by atoms with Crippen molar-refractivity contribution in [2.24, 2.45) is 0 Å². The van der Waals surface area contributed by atoms with Crippen LogP contribution in [0.2, 0.25) is 0 Å². The number of phenolic OH excluding ortho intramolecular Hbond substituents is 3.